The van der Waals surface area contributed by atoms with Crippen LogP contribution in [0.1, 0.15) is 37.9 Å². The van der Waals surface area contributed by atoms with Gasteiger partial charge in [-0.3, -0.25) is 0 Å². The van der Waals surface area contributed by atoms with E-state index in [1.165, 1.54) is 5.57 Å². The molecule has 0 radical (unpaired) electrons. The van der Waals surface area contributed by atoms with Gasteiger partial charge >= 0.3 is 0 Å². The topological polar surface area (TPSA) is 64.7 Å². The number of methoxy groups -OCH3 is 2. The molecular formula is C18H23NO4. The van der Waals surface area contributed by atoms with E-state index in [0.717, 1.165) is 22.4 Å². The lowest BCUT2D eigenvalue weighted by Crippen LogP contribution is -2.46. The predicted molar refractivity (Wildman–Crippen MR) is 87.6 cm³/mol. The number of rotatable bonds is 4. The number of aliphatic hydroxyl groups is 1. The second-order valence-electron chi connectivity index (χ2n) is 6.25. The molecule has 0 aromatic carbocycles. The number of fused-ring (bicyclic) bond motifs is 2. The molecule has 0 saturated heterocycles. The zero-order chi connectivity index (χ0) is 16.6. The van der Waals surface area contributed by atoms with E-state index in [1.807, 2.05) is 19.9 Å². The summed E-state index contributed by atoms with van der Waals surface area (Å²) in [6.07, 6.45) is 4.92. The summed E-state index contributed by atoms with van der Waals surface area (Å²) in [6, 6.07) is 1.86. The van der Waals surface area contributed by atoms with Gasteiger partial charge in [-0.25, -0.2) is 4.98 Å². The monoisotopic (exact) mass is 317 g/mol. The maximum atomic E-state index is 10.7. The van der Waals surface area contributed by atoms with E-state index < -0.39 is 11.7 Å². The zero-order valence-electron chi connectivity index (χ0n) is 14.0. The third kappa shape index (κ3) is 2.44. The third-order valence-corrected chi connectivity index (χ3v) is 4.65. The van der Waals surface area contributed by atoms with Crippen LogP contribution in [0.2, 0.25) is 0 Å². The molecule has 3 rings (SSSR count). The van der Waals surface area contributed by atoms with Crippen LogP contribution in [-0.4, -0.2) is 30.4 Å². The number of hydrogen-bond donors (Lipinski definition) is 1. The maximum Gasteiger partial charge on any atom is 0.229 e. The van der Waals surface area contributed by atoms with Crippen LogP contribution in [0.3, 0.4) is 0 Å². The molecule has 0 fully saturated rings. The number of aliphatic hydroxyl groups excluding tert-OH is 1. The average Bonchev–Trinajstić information content (AvgIpc) is 3.00. The van der Waals surface area contributed by atoms with E-state index in [1.54, 1.807) is 20.5 Å². The van der Waals surface area contributed by atoms with Gasteiger partial charge in [0.25, 0.3) is 0 Å². The van der Waals surface area contributed by atoms with Gasteiger partial charge in [0.15, 0.2) is 0 Å². The number of hydrogen-bond acceptors (Lipinski definition) is 5. The van der Waals surface area contributed by atoms with Gasteiger partial charge in [-0.2, -0.15) is 0 Å². The van der Waals surface area contributed by atoms with Crippen LogP contribution < -0.4 is 4.74 Å². The summed E-state index contributed by atoms with van der Waals surface area (Å²) in [5.74, 6) is 0.768. The fourth-order valence-corrected chi connectivity index (χ4v) is 3.39. The van der Waals surface area contributed by atoms with Gasteiger partial charge < -0.3 is 19.0 Å². The molecule has 0 amide bonds. The quantitative estimate of drug-likeness (QED) is 0.876. The molecule has 124 valence electrons. The lowest BCUT2D eigenvalue weighted by atomic mass is 9.77. The first-order valence-corrected chi connectivity index (χ1v) is 7.84. The normalized spacial score (nSPS) is 23.6. The highest BCUT2D eigenvalue weighted by atomic mass is 16.5. The fourth-order valence-electron chi connectivity index (χ4n) is 3.39. The van der Waals surface area contributed by atoms with Crippen LogP contribution in [0.25, 0.3) is 11.1 Å². The number of allylic oxidation sites excluding steroid dienone is 1. The van der Waals surface area contributed by atoms with Crippen LogP contribution in [0, 0.1) is 0 Å². The molecule has 1 aliphatic rings. The van der Waals surface area contributed by atoms with Gasteiger partial charge in [-0.1, -0.05) is 11.6 Å². The van der Waals surface area contributed by atoms with Gasteiger partial charge in [-0.15, -0.1) is 0 Å². The summed E-state index contributed by atoms with van der Waals surface area (Å²) in [6.45, 7) is 4.06. The summed E-state index contributed by atoms with van der Waals surface area (Å²) >= 11 is 0. The molecular weight excluding hydrogens is 294 g/mol. The third-order valence-electron chi connectivity index (χ3n) is 4.65. The molecule has 2 atom stereocenters. The number of furan rings is 1. The zero-order valence-corrected chi connectivity index (χ0v) is 14.0. The molecule has 2 aromatic heterocycles. The van der Waals surface area contributed by atoms with Gasteiger partial charge in [-0.05, 0) is 32.8 Å². The van der Waals surface area contributed by atoms with Gasteiger partial charge in [0.2, 0.25) is 5.71 Å². The Labute approximate surface area is 135 Å². The number of aromatic nitrogens is 1. The molecule has 1 N–H and O–H groups in total. The molecule has 2 heterocycles. The molecule has 1 aliphatic carbocycles. The highest BCUT2D eigenvalue weighted by Gasteiger charge is 2.46. The van der Waals surface area contributed by atoms with Crippen LogP contribution >= 0.6 is 0 Å². The predicted octanol–water partition coefficient (Wildman–Crippen LogP) is 3.34. The highest BCUT2D eigenvalue weighted by molar-refractivity contribution is 5.83. The minimum Gasteiger partial charge on any atom is -0.496 e. The largest absolute Gasteiger partial charge is 0.496 e. The van der Waals surface area contributed by atoms with Crippen molar-refractivity contribution in [1.29, 1.82) is 0 Å². The molecule has 0 saturated carbocycles. The van der Waals surface area contributed by atoms with Crippen molar-refractivity contribution in [2.75, 3.05) is 14.2 Å². The Morgan fingerprint density at radius 2 is 2.26 bits per heavy atom. The molecule has 2 aromatic rings. The fraction of sp³-hybridized carbons (Fsp3) is 0.500. The SMILES string of the molecule is COc1c2c(nc3occc13)[C@](CC=C(C)C)(OC)[C@@H](O)CC2. The number of ether oxygens (including phenoxy) is 2. The van der Waals surface area contributed by atoms with Crippen molar-refractivity contribution in [3.63, 3.8) is 0 Å². The van der Waals surface area contributed by atoms with E-state index in [-0.39, 0.29) is 0 Å². The average molecular weight is 317 g/mol. The van der Waals surface area contributed by atoms with Crippen molar-refractivity contribution >= 4 is 11.1 Å². The first-order valence-electron chi connectivity index (χ1n) is 7.84. The second-order valence-corrected chi connectivity index (χ2v) is 6.25. The molecule has 5 heteroatoms. The van der Waals surface area contributed by atoms with Gasteiger partial charge in [0, 0.05) is 19.1 Å². The van der Waals surface area contributed by atoms with Crippen LogP contribution in [-0.2, 0) is 16.8 Å². The van der Waals surface area contributed by atoms with Crippen LogP contribution in [0.15, 0.2) is 28.4 Å². The number of nitrogens with zero attached hydrogens (tertiary/aromatic N) is 1. The molecule has 0 unspecified atom stereocenters. The lowest BCUT2D eigenvalue weighted by molar-refractivity contribution is -0.118. The van der Waals surface area contributed by atoms with Crippen LogP contribution in [0.5, 0.6) is 5.75 Å². The van der Waals surface area contributed by atoms with Crippen molar-refractivity contribution in [1.82, 2.24) is 4.98 Å². The minimum atomic E-state index is -0.876. The Hall–Kier alpha value is -1.85. The Kier molecular flexibility index (Phi) is 4.17. The van der Waals surface area contributed by atoms with Crippen molar-refractivity contribution in [2.45, 2.75) is 44.8 Å². The highest BCUT2D eigenvalue weighted by Crippen LogP contribution is 2.45. The minimum absolute atomic E-state index is 0.508. The smallest absolute Gasteiger partial charge is 0.229 e. The Morgan fingerprint density at radius 3 is 2.91 bits per heavy atom. The lowest BCUT2D eigenvalue weighted by Gasteiger charge is -2.40. The van der Waals surface area contributed by atoms with Gasteiger partial charge in [0.05, 0.1) is 30.6 Å². The first kappa shape index (κ1) is 16.0. The van der Waals surface area contributed by atoms with E-state index in [9.17, 15) is 5.11 Å². The Bertz CT molecular complexity index is 745. The van der Waals surface area contributed by atoms with Crippen LogP contribution in [0.4, 0.5) is 0 Å². The van der Waals surface area contributed by atoms with E-state index in [4.69, 9.17) is 13.9 Å². The summed E-state index contributed by atoms with van der Waals surface area (Å²) in [4.78, 5) is 4.68. The second kappa shape index (κ2) is 5.98. The standard InChI is InChI=1S/C18H23NO4/c1-11(2)7-9-18(22-4)14(20)6-5-12-15(21-3)13-8-10-23-17(13)19-16(12)18/h7-8,10,14,20H,5-6,9H2,1-4H3/t14-,18+/m0/s1. The van der Waals surface area contributed by atoms with E-state index in [2.05, 4.69) is 11.1 Å². The van der Waals surface area contributed by atoms with Crippen molar-refractivity contribution < 1.29 is 19.0 Å². The van der Waals surface area contributed by atoms with E-state index in [0.29, 0.717) is 25.0 Å². The molecule has 0 bridgehead atoms. The van der Waals surface area contributed by atoms with E-state index >= 15 is 0 Å². The van der Waals surface area contributed by atoms with Gasteiger partial charge in [0.1, 0.15) is 11.4 Å². The first-order chi connectivity index (χ1) is 11.0. The van der Waals surface area contributed by atoms with Crippen molar-refractivity contribution in [3.05, 3.63) is 35.2 Å². The number of pyridine rings is 1. The Morgan fingerprint density at radius 1 is 1.48 bits per heavy atom. The summed E-state index contributed by atoms with van der Waals surface area (Å²) < 4.78 is 17.0. The maximum absolute atomic E-state index is 10.7. The molecule has 23 heavy (non-hydrogen) atoms. The molecule has 5 nitrogen and oxygen atoms in total. The molecule has 0 aliphatic heterocycles. The Balaban J connectivity index is 2.26. The summed E-state index contributed by atoms with van der Waals surface area (Å²) in [5, 5.41) is 11.6. The van der Waals surface area contributed by atoms with Crippen molar-refractivity contribution in [3.8, 4) is 5.75 Å². The van der Waals surface area contributed by atoms with Crippen molar-refractivity contribution in [2.24, 2.45) is 0 Å². The summed E-state index contributed by atoms with van der Waals surface area (Å²) in [5.41, 5.74) is 2.52. The molecule has 0 spiro atoms. The summed E-state index contributed by atoms with van der Waals surface area (Å²) in [7, 11) is 3.27.